The Balaban J connectivity index is 2.63. The Labute approximate surface area is 121 Å². The van der Waals surface area contributed by atoms with Gasteiger partial charge in [-0.1, -0.05) is 46.0 Å². The van der Waals surface area contributed by atoms with Crippen LogP contribution in [-0.2, 0) is 9.59 Å². The second-order valence-corrected chi connectivity index (χ2v) is 6.13. The summed E-state index contributed by atoms with van der Waals surface area (Å²) in [6.45, 7) is 4.12. The molecule has 0 spiro atoms. The van der Waals surface area contributed by atoms with E-state index in [1.807, 2.05) is 13.8 Å². The normalized spacial score (nSPS) is 21.6. The van der Waals surface area contributed by atoms with Crippen LogP contribution in [0.15, 0.2) is 0 Å². The van der Waals surface area contributed by atoms with E-state index in [1.54, 1.807) is 0 Å². The molecule has 1 saturated carbocycles. The van der Waals surface area contributed by atoms with Gasteiger partial charge in [-0.15, -0.1) is 0 Å². The molecule has 5 nitrogen and oxygen atoms in total. The standard InChI is InChI=1S/C15H28N2O3/c1-3-11(2)12(16)13(18)17-10-15(14(19)20)8-6-4-5-7-9-15/h11-12H,3-10,16H2,1-2H3,(H,17,18)(H,19,20)/t11-,12-/m0/s1. The Morgan fingerprint density at radius 1 is 1.25 bits per heavy atom. The molecule has 0 unspecified atom stereocenters. The topological polar surface area (TPSA) is 92.4 Å². The lowest BCUT2D eigenvalue weighted by molar-refractivity contribution is -0.149. The molecule has 0 aromatic rings. The zero-order valence-electron chi connectivity index (χ0n) is 12.7. The monoisotopic (exact) mass is 284 g/mol. The zero-order chi connectivity index (χ0) is 15.2. The van der Waals surface area contributed by atoms with Gasteiger partial charge in [0.05, 0.1) is 11.5 Å². The van der Waals surface area contributed by atoms with Gasteiger partial charge in [-0.2, -0.15) is 0 Å². The smallest absolute Gasteiger partial charge is 0.311 e. The molecule has 20 heavy (non-hydrogen) atoms. The average Bonchev–Trinajstić information content (AvgIpc) is 2.69. The summed E-state index contributed by atoms with van der Waals surface area (Å²) >= 11 is 0. The number of hydrogen-bond donors (Lipinski definition) is 3. The molecule has 0 aromatic carbocycles. The predicted octanol–water partition coefficient (Wildman–Crippen LogP) is 1.90. The summed E-state index contributed by atoms with van der Waals surface area (Å²) in [6, 6.07) is -0.559. The van der Waals surface area contributed by atoms with Crippen molar-refractivity contribution in [1.82, 2.24) is 5.32 Å². The Kier molecular flexibility index (Phi) is 6.46. The summed E-state index contributed by atoms with van der Waals surface area (Å²) in [5.41, 5.74) is 5.07. The summed E-state index contributed by atoms with van der Waals surface area (Å²) in [5.74, 6) is -0.925. The van der Waals surface area contributed by atoms with Gasteiger partial charge in [-0.25, -0.2) is 0 Å². The highest BCUT2D eigenvalue weighted by atomic mass is 16.4. The maximum absolute atomic E-state index is 12.0. The maximum Gasteiger partial charge on any atom is 0.311 e. The van der Waals surface area contributed by atoms with Crippen molar-refractivity contribution in [2.75, 3.05) is 6.54 Å². The fraction of sp³-hybridized carbons (Fsp3) is 0.867. The van der Waals surface area contributed by atoms with Crippen LogP contribution in [0.4, 0.5) is 0 Å². The Morgan fingerprint density at radius 2 is 1.80 bits per heavy atom. The first kappa shape index (κ1) is 17.0. The second kappa shape index (κ2) is 7.62. The van der Waals surface area contributed by atoms with E-state index in [4.69, 9.17) is 5.73 Å². The van der Waals surface area contributed by atoms with Crippen molar-refractivity contribution in [3.8, 4) is 0 Å². The molecule has 116 valence electrons. The molecule has 5 heteroatoms. The zero-order valence-corrected chi connectivity index (χ0v) is 12.7. The Morgan fingerprint density at radius 3 is 2.25 bits per heavy atom. The minimum Gasteiger partial charge on any atom is -0.481 e. The van der Waals surface area contributed by atoms with E-state index in [1.165, 1.54) is 0 Å². The molecule has 1 aliphatic rings. The largest absolute Gasteiger partial charge is 0.481 e. The molecular formula is C15H28N2O3. The number of amides is 1. The van der Waals surface area contributed by atoms with Crippen molar-refractivity contribution in [1.29, 1.82) is 0 Å². The number of carbonyl (C=O) groups is 2. The van der Waals surface area contributed by atoms with Crippen LogP contribution in [0.25, 0.3) is 0 Å². The number of carboxylic acid groups (broad SMARTS) is 1. The molecule has 1 fully saturated rings. The molecule has 1 rings (SSSR count). The molecular weight excluding hydrogens is 256 g/mol. The molecule has 0 radical (unpaired) electrons. The lowest BCUT2D eigenvalue weighted by Crippen LogP contribution is -2.49. The molecule has 1 aliphatic carbocycles. The van der Waals surface area contributed by atoms with Gasteiger partial charge in [0.1, 0.15) is 0 Å². The van der Waals surface area contributed by atoms with Crippen molar-refractivity contribution < 1.29 is 14.7 Å². The second-order valence-electron chi connectivity index (χ2n) is 6.13. The molecule has 1 amide bonds. The van der Waals surface area contributed by atoms with Gasteiger partial charge in [-0.3, -0.25) is 9.59 Å². The van der Waals surface area contributed by atoms with Crippen LogP contribution in [-0.4, -0.2) is 29.6 Å². The van der Waals surface area contributed by atoms with Gasteiger partial charge < -0.3 is 16.2 Å². The third-order valence-electron chi connectivity index (χ3n) is 4.68. The number of aliphatic carboxylic acids is 1. The Bertz CT molecular complexity index is 336. The lowest BCUT2D eigenvalue weighted by atomic mass is 9.80. The quantitative estimate of drug-likeness (QED) is 0.649. The molecule has 0 aromatic heterocycles. The summed E-state index contributed by atoms with van der Waals surface area (Å²) in [6.07, 6.45) is 6.10. The molecule has 2 atom stereocenters. The fourth-order valence-corrected chi connectivity index (χ4v) is 2.76. The van der Waals surface area contributed by atoms with Crippen molar-refractivity contribution in [3.05, 3.63) is 0 Å². The molecule has 0 bridgehead atoms. The molecule has 4 N–H and O–H groups in total. The third kappa shape index (κ3) is 4.20. The number of carbonyl (C=O) groups excluding carboxylic acids is 1. The first-order chi connectivity index (χ1) is 9.43. The van der Waals surface area contributed by atoms with Crippen LogP contribution in [0.2, 0.25) is 0 Å². The van der Waals surface area contributed by atoms with Crippen LogP contribution < -0.4 is 11.1 Å². The first-order valence-corrected chi connectivity index (χ1v) is 7.69. The van der Waals surface area contributed by atoms with E-state index in [-0.39, 0.29) is 18.4 Å². The maximum atomic E-state index is 12.0. The number of rotatable bonds is 6. The summed E-state index contributed by atoms with van der Waals surface area (Å²) in [5, 5.41) is 12.3. The average molecular weight is 284 g/mol. The van der Waals surface area contributed by atoms with Crippen LogP contribution in [0, 0.1) is 11.3 Å². The van der Waals surface area contributed by atoms with Gasteiger partial charge in [0, 0.05) is 6.54 Å². The Hall–Kier alpha value is -1.10. The SMILES string of the molecule is CC[C@H](C)[C@H](N)C(=O)NCC1(C(=O)O)CCCCCC1. The van der Waals surface area contributed by atoms with Crippen LogP contribution in [0.1, 0.15) is 58.8 Å². The van der Waals surface area contributed by atoms with Crippen LogP contribution in [0.5, 0.6) is 0 Å². The number of nitrogens with two attached hydrogens (primary N) is 1. The lowest BCUT2D eigenvalue weighted by Gasteiger charge is -2.29. The summed E-state index contributed by atoms with van der Waals surface area (Å²) < 4.78 is 0. The van der Waals surface area contributed by atoms with Gasteiger partial charge in [0.15, 0.2) is 0 Å². The number of carboxylic acids is 1. The predicted molar refractivity (Wildman–Crippen MR) is 78.2 cm³/mol. The fourth-order valence-electron chi connectivity index (χ4n) is 2.76. The van der Waals surface area contributed by atoms with E-state index >= 15 is 0 Å². The number of nitrogens with one attached hydrogen (secondary N) is 1. The highest BCUT2D eigenvalue weighted by molar-refractivity contribution is 5.83. The van der Waals surface area contributed by atoms with Crippen LogP contribution in [0.3, 0.4) is 0 Å². The van der Waals surface area contributed by atoms with E-state index in [0.717, 1.165) is 32.1 Å². The summed E-state index contributed by atoms with van der Waals surface area (Å²) in [4.78, 5) is 23.6. The van der Waals surface area contributed by atoms with Gasteiger partial charge >= 0.3 is 5.97 Å². The summed E-state index contributed by atoms with van der Waals surface area (Å²) in [7, 11) is 0. The highest BCUT2D eigenvalue weighted by Crippen LogP contribution is 2.34. The van der Waals surface area contributed by atoms with E-state index in [9.17, 15) is 14.7 Å². The first-order valence-electron chi connectivity index (χ1n) is 7.69. The minimum absolute atomic E-state index is 0.102. The molecule has 0 aliphatic heterocycles. The van der Waals surface area contributed by atoms with Crippen molar-refractivity contribution in [3.63, 3.8) is 0 Å². The number of hydrogen-bond acceptors (Lipinski definition) is 3. The van der Waals surface area contributed by atoms with Gasteiger partial charge in [-0.05, 0) is 18.8 Å². The van der Waals surface area contributed by atoms with Gasteiger partial charge in [0.2, 0.25) is 5.91 Å². The molecule has 0 saturated heterocycles. The van der Waals surface area contributed by atoms with E-state index in [2.05, 4.69) is 5.32 Å². The van der Waals surface area contributed by atoms with E-state index in [0.29, 0.717) is 12.8 Å². The van der Waals surface area contributed by atoms with Crippen molar-refractivity contribution >= 4 is 11.9 Å². The molecule has 0 heterocycles. The van der Waals surface area contributed by atoms with Gasteiger partial charge in [0.25, 0.3) is 0 Å². The highest BCUT2D eigenvalue weighted by Gasteiger charge is 2.39. The van der Waals surface area contributed by atoms with Crippen LogP contribution >= 0.6 is 0 Å². The van der Waals surface area contributed by atoms with E-state index < -0.39 is 17.4 Å². The third-order valence-corrected chi connectivity index (χ3v) is 4.68. The van der Waals surface area contributed by atoms with Crippen molar-refractivity contribution in [2.24, 2.45) is 17.1 Å². The van der Waals surface area contributed by atoms with Crippen molar-refractivity contribution in [2.45, 2.75) is 64.8 Å². The minimum atomic E-state index is -0.804.